The summed E-state index contributed by atoms with van der Waals surface area (Å²) in [5, 5.41) is 0. The number of aryl methyl sites for hydroxylation is 1. The van der Waals surface area contributed by atoms with E-state index in [2.05, 4.69) is 9.97 Å². The Morgan fingerprint density at radius 3 is 2.80 bits per heavy atom. The quantitative estimate of drug-likeness (QED) is 0.872. The van der Waals surface area contributed by atoms with Crippen molar-refractivity contribution in [2.45, 2.75) is 24.9 Å². The van der Waals surface area contributed by atoms with Crippen molar-refractivity contribution in [1.82, 2.24) is 9.97 Å². The highest BCUT2D eigenvalue weighted by atomic mass is 19.4. The van der Waals surface area contributed by atoms with Gasteiger partial charge in [-0.05, 0) is 36.6 Å². The number of halogens is 3. The predicted octanol–water partition coefficient (Wildman–Crippen LogP) is 3.16. The minimum Gasteiger partial charge on any atom is -0.384 e. The van der Waals surface area contributed by atoms with Crippen LogP contribution in [-0.2, 0) is 12.6 Å². The van der Waals surface area contributed by atoms with E-state index in [-0.39, 0.29) is 11.7 Å². The molecule has 1 unspecified atom stereocenters. The van der Waals surface area contributed by atoms with Gasteiger partial charge in [0.15, 0.2) is 0 Å². The molecular weight excluding hydrogens is 267 g/mol. The van der Waals surface area contributed by atoms with Crippen molar-refractivity contribution in [3.8, 4) is 0 Å². The van der Waals surface area contributed by atoms with Gasteiger partial charge in [0, 0.05) is 12.1 Å². The second-order valence-electron chi connectivity index (χ2n) is 4.84. The number of aromatic nitrogens is 2. The van der Waals surface area contributed by atoms with Crippen LogP contribution in [0.5, 0.6) is 0 Å². The Morgan fingerprint density at radius 2 is 2.05 bits per heavy atom. The molecule has 0 amide bonds. The first-order valence-electron chi connectivity index (χ1n) is 6.23. The Bertz CT molecular complexity index is 652. The molecule has 0 fully saturated rings. The van der Waals surface area contributed by atoms with E-state index in [4.69, 9.17) is 5.73 Å². The van der Waals surface area contributed by atoms with Crippen LogP contribution in [0.25, 0.3) is 0 Å². The summed E-state index contributed by atoms with van der Waals surface area (Å²) in [6.45, 7) is 0. The van der Waals surface area contributed by atoms with Crippen LogP contribution in [0, 0.1) is 0 Å². The summed E-state index contributed by atoms with van der Waals surface area (Å²) in [6, 6.07) is 5.71. The maximum atomic E-state index is 12.8. The topological polar surface area (TPSA) is 51.8 Å². The van der Waals surface area contributed by atoms with E-state index >= 15 is 0 Å². The van der Waals surface area contributed by atoms with E-state index in [0.29, 0.717) is 12.1 Å². The average molecular weight is 279 g/mol. The van der Waals surface area contributed by atoms with E-state index in [1.54, 1.807) is 6.20 Å². The van der Waals surface area contributed by atoms with Crippen molar-refractivity contribution in [3.05, 3.63) is 53.0 Å². The zero-order valence-corrected chi connectivity index (χ0v) is 10.5. The molecule has 2 aromatic rings. The third kappa shape index (κ3) is 2.21. The minimum atomic E-state index is -4.42. The summed E-state index contributed by atoms with van der Waals surface area (Å²) in [5.41, 5.74) is 6.96. The van der Waals surface area contributed by atoms with Crippen LogP contribution >= 0.6 is 0 Å². The van der Waals surface area contributed by atoms with Gasteiger partial charge in [0.1, 0.15) is 5.82 Å². The molecule has 0 saturated heterocycles. The van der Waals surface area contributed by atoms with Crippen molar-refractivity contribution in [2.75, 3.05) is 5.73 Å². The van der Waals surface area contributed by atoms with Gasteiger partial charge in [0.2, 0.25) is 0 Å². The van der Waals surface area contributed by atoms with Crippen molar-refractivity contribution < 1.29 is 13.2 Å². The Kier molecular flexibility index (Phi) is 2.88. The number of alkyl halides is 3. The molecular formula is C14H12F3N3. The molecule has 20 heavy (non-hydrogen) atoms. The molecule has 3 nitrogen and oxygen atoms in total. The lowest BCUT2D eigenvalue weighted by atomic mass is 10.00. The fraction of sp³-hybridized carbons (Fsp3) is 0.286. The Labute approximate surface area is 113 Å². The average Bonchev–Trinajstić information content (AvgIpc) is 2.80. The van der Waals surface area contributed by atoms with Gasteiger partial charge in [-0.25, -0.2) is 4.98 Å². The molecule has 6 heteroatoms. The predicted molar refractivity (Wildman–Crippen MR) is 68.1 cm³/mol. The number of hydrogen-bond donors (Lipinski definition) is 1. The first-order chi connectivity index (χ1) is 9.45. The summed E-state index contributed by atoms with van der Waals surface area (Å²) >= 11 is 0. The molecule has 0 radical (unpaired) electrons. The number of anilines is 1. The van der Waals surface area contributed by atoms with Crippen molar-refractivity contribution in [1.29, 1.82) is 0 Å². The van der Waals surface area contributed by atoms with Crippen LogP contribution in [0.2, 0.25) is 0 Å². The number of fused-ring (bicyclic) bond motifs is 1. The largest absolute Gasteiger partial charge is 0.416 e. The van der Waals surface area contributed by atoms with Crippen LogP contribution in [0.15, 0.2) is 30.5 Å². The van der Waals surface area contributed by atoms with Crippen LogP contribution in [0.3, 0.4) is 0 Å². The number of nitrogen functional groups attached to an aromatic ring is 1. The fourth-order valence-corrected chi connectivity index (χ4v) is 2.62. The molecule has 1 atom stereocenters. The van der Waals surface area contributed by atoms with E-state index in [1.807, 2.05) is 12.1 Å². The van der Waals surface area contributed by atoms with Gasteiger partial charge in [0.05, 0.1) is 17.0 Å². The zero-order chi connectivity index (χ0) is 14.3. The number of rotatable bonds is 1. The molecule has 0 aliphatic heterocycles. The van der Waals surface area contributed by atoms with Crippen LogP contribution in [0.4, 0.5) is 19.0 Å². The second-order valence-corrected chi connectivity index (χ2v) is 4.84. The standard InChI is InChI=1S/C14H12F3N3/c15-14(16,17)9-6-11(20-12(18)7-9)10-4-3-8-2-1-5-19-13(8)10/h1-2,5-7,10H,3-4H2,(H2,18,20). The fourth-order valence-electron chi connectivity index (χ4n) is 2.62. The van der Waals surface area contributed by atoms with Crippen molar-refractivity contribution >= 4 is 5.82 Å². The molecule has 0 bridgehead atoms. The van der Waals surface area contributed by atoms with Crippen LogP contribution in [0.1, 0.15) is 34.9 Å². The van der Waals surface area contributed by atoms with Gasteiger partial charge in [-0.2, -0.15) is 13.2 Å². The lowest BCUT2D eigenvalue weighted by Gasteiger charge is -2.14. The summed E-state index contributed by atoms with van der Waals surface area (Å²) in [5.74, 6) is -0.324. The summed E-state index contributed by atoms with van der Waals surface area (Å²) in [6.07, 6.45) is -1.27. The molecule has 2 aromatic heterocycles. The maximum absolute atomic E-state index is 12.8. The van der Waals surface area contributed by atoms with Gasteiger partial charge < -0.3 is 5.73 Å². The summed E-state index contributed by atoms with van der Waals surface area (Å²) in [4.78, 5) is 8.34. The zero-order valence-electron chi connectivity index (χ0n) is 10.5. The smallest absolute Gasteiger partial charge is 0.384 e. The number of pyridine rings is 2. The maximum Gasteiger partial charge on any atom is 0.416 e. The Balaban J connectivity index is 2.06. The normalized spacial score (nSPS) is 18.1. The number of nitrogens with zero attached hydrogens (tertiary/aromatic N) is 2. The van der Waals surface area contributed by atoms with E-state index in [0.717, 1.165) is 29.8 Å². The molecule has 1 aliphatic rings. The Morgan fingerprint density at radius 1 is 1.25 bits per heavy atom. The van der Waals surface area contributed by atoms with Crippen molar-refractivity contribution in [2.24, 2.45) is 0 Å². The third-order valence-corrected chi connectivity index (χ3v) is 3.51. The van der Waals surface area contributed by atoms with E-state index in [1.165, 1.54) is 0 Å². The molecule has 3 rings (SSSR count). The monoisotopic (exact) mass is 279 g/mol. The number of nitrogens with two attached hydrogens (primary N) is 1. The van der Waals surface area contributed by atoms with Crippen molar-refractivity contribution in [3.63, 3.8) is 0 Å². The lowest BCUT2D eigenvalue weighted by molar-refractivity contribution is -0.137. The minimum absolute atomic E-state index is 0.112. The number of hydrogen-bond acceptors (Lipinski definition) is 3. The highest BCUT2D eigenvalue weighted by Crippen LogP contribution is 2.38. The summed E-state index contributed by atoms with van der Waals surface area (Å²) in [7, 11) is 0. The molecule has 2 heterocycles. The van der Waals surface area contributed by atoms with E-state index in [9.17, 15) is 13.2 Å². The SMILES string of the molecule is Nc1cc(C(F)(F)F)cc(C2CCc3cccnc32)n1. The molecule has 104 valence electrons. The molecule has 0 spiro atoms. The second kappa shape index (κ2) is 4.47. The van der Waals surface area contributed by atoms with Gasteiger partial charge in [-0.15, -0.1) is 0 Å². The van der Waals surface area contributed by atoms with E-state index < -0.39 is 11.7 Å². The van der Waals surface area contributed by atoms with Crippen LogP contribution < -0.4 is 5.73 Å². The van der Waals surface area contributed by atoms with Gasteiger partial charge in [0.25, 0.3) is 0 Å². The van der Waals surface area contributed by atoms with Gasteiger partial charge >= 0.3 is 6.18 Å². The summed E-state index contributed by atoms with van der Waals surface area (Å²) < 4.78 is 38.5. The highest BCUT2D eigenvalue weighted by Gasteiger charge is 2.33. The Hall–Kier alpha value is -2.11. The van der Waals surface area contributed by atoms with Crippen LogP contribution in [-0.4, -0.2) is 9.97 Å². The first kappa shape index (κ1) is 12.9. The van der Waals surface area contributed by atoms with Gasteiger partial charge in [-0.3, -0.25) is 4.98 Å². The molecule has 1 aliphatic carbocycles. The first-order valence-corrected chi connectivity index (χ1v) is 6.23. The molecule has 0 saturated carbocycles. The lowest BCUT2D eigenvalue weighted by Crippen LogP contribution is -2.10. The van der Waals surface area contributed by atoms with Gasteiger partial charge in [-0.1, -0.05) is 6.07 Å². The third-order valence-electron chi connectivity index (χ3n) is 3.51. The molecule has 0 aromatic carbocycles. The highest BCUT2D eigenvalue weighted by molar-refractivity contribution is 5.42. The molecule has 2 N–H and O–H groups in total.